The van der Waals surface area contributed by atoms with E-state index in [1.807, 2.05) is 0 Å². The third-order valence-electron chi connectivity index (χ3n) is 3.51. The number of anilines is 1. The van der Waals surface area contributed by atoms with Crippen LogP contribution >= 0.6 is 0 Å². The Balaban J connectivity index is 2.12. The lowest BCUT2D eigenvalue weighted by molar-refractivity contribution is -0.118. The third-order valence-corrected chi connectivity index (χ3v) is 3.51. The number of nitrogens with two attached hydrogens (primary N) is 1. The van der Waals surface area contributed by atoms with E-state index in [9.17, 15) is 22.8 Å². The Kier molecular flexibility index (Phi) is 6.99. The van der Waals surface area contributed by atoms with Crippen molar-refractivity contribution in [2.45, 2.75) is 13.0 Å². The number of hydrogen-bond donors (Lipinski definition) is 1. The number of amides is 2. The first-order valence-corrected chi connectivity index (χ1v) is 7.93. The summed E-state index contributed by atoms with van der Waals surface area (Å²) >= 11 is 0. The second kappa shape index (κ2) is 9.42. The van der Waals surface area contributed by atoms with E-state index in [2.05, 4.69) is 4.74 Å². The van der Waals surface area contributed by atoms with Gasteiger partial charge in [-0.25, -0.2) is 4.39 Å². The molecule has 0 aliphatic rings. The van der Waals surface area contributed by atoms with Gasteiger partial charge in [-0.3, -0.25) is 9.59 Å². The maximum atomic E-state index is 13.1. The number of carbonyl (C=O) groups is 2. The number of alkyl halides is 2. The molecular formula is C19H17F3N2O3. The van der Waals surface area contributed by atoms with E-state index >= 15 is 0 Å². The Morgan fingerprint density at radius 3 is 2.26 bits per heavy atom. The first-order chi connectivity index (χ1) is 12.8. The van der Waals surface area contributed by atoms with Crippen molar-refractivity contribution in [2.24, 2.45) is 5.73 Å². The summed E-state index contributed by atoms with van der Waals surface area (Å²) in [6.07, 6.45) is 2.68. The molecule has 0 bridgehead atoms. The predicted octanol–water partition coefficient (Wildman–Crippen LogP) is 3.35. The standard InChI is InChI=1S/C19H17F3N2O3/c20-14-4-6-15(7-5-14)24(12-11-17(23)25)18(26)10-3-13-1-8-16(9-2-13)27-19(21)22/h1-10,19H,11-12H2,(H2,23,25). The number of rotatable bonds is 8. The van der Waals surface area contributed by atoms with Crippen molar-refractivity contribution < 1.29 is 27.5 Å². The number of carbonyl (C=O) groups excluding carboxylic acids is 2. The number of nitrogens with zero attached hydrogens (tertiary/aromatic N) is 1. The molecule has 2 amide bonds. The molecule has 142 valence electrons. The van der Waals surface area contributed by atoms with Crippen molar-refractivity contribution in [1.29, 1.82) is 0 Å². The van der Waals surface area contributed by atoms with Gasteiger partial charge < -0.3 is 15.4 Å². The van der Waals surface area contributed by atoms with Crippen molar-refractivity contribution in [1.82, 2.24) is 0 Å². The van der Waals surface area contributed by atoms with E-state index < -0.39 is 24.2 Å². The molecule has 0 saturated carbocycles. The zero-order chi connectivity index (χ0) is 19.8. The second-order valence-electron chi connectivity index (χ2n) is 5.46. The van der Waals surface area contributed by atoms with Gasteiger partial charge in [0.2, 0.25) is 5.91 Å². The summed E-state index contributed by atoms with van der Waals surface area (Å²) in [6.45, 7) is -2.88. The van der Waals surface area contributed by atoms with Gasteiger partial charge in [0.25, 0.3) is 5.91 Å². The second-order valence-corrected chi connectivity index (χ2v) is 5.46. The van der Waals surface area contributed by atoms with Crippen molar-refractivity contribution in [3.8, 4) is 5.75 Å². The molecule has 27 heavy (non-hydrogen) atoms. The molecule has 0 aliphatic carbocycles. The molecule has 2 rings (SSSR count). The van der Waals surface area contributed by atoms with Crippen LogP contribution in [0.15, 0.2) is 54.6 Å². The van der Waals surface area contributed by atoms with Crippen LogP contribution in [0.3, 0.4) is 0 Å². The van der Waals surface area contributed by atoms with E-state index in [1.54, 1.807) is 0 Å². The Hall–Kier alpha value is -3.29. The van der Waals surface area contributed by atoms with Gasteiger partial charge in [-0.1, -0.05) is 12.1 Å². The van der Waals surface area contributed by atoms with Gasteiger partial charge in [-0.05, 0) is 48.0 Å². The monoisotopic (exact) mass is 378 g/mol. The summed E-state index contributed by atoms with van der Waals surface area (Å²) in [5.74, 6) is -1.48. The summed E-state index contributed by atoms with van der Waals surface area (Å²) in [5, 5.41) is 0. The van der Waals surface area contributed by atoms with Crippen LogP contribution in [0.25, 0.3) is 6.08 Å². The van der Waals surface area contributed by atoms with E-state index in [4.69, 9.17) is 5.73 Å². The Morgan fingerprint density at radius 2 is 1.70 bits per heavy atom. The minimum Gasteiger partial charge on any atom is -0.435 e. The van der Waals surface area contributed by atoms with Gasteiger partial charge in [0.05, 0.1) is 0 Å². The quantitative estimate of drug-likeness (QED) is 0.716. The lowest BCUT2D eigenvalue weighted by Crippen LogP contribution is -2.32. The van der Waals surface area contributed by atoms with Crippen LogP contribution in [-0.2, 0) is 9.59 Å². The van der Waals surface area contributed by atoms with Crippen LogP contribution in [0.1, 0.15) is 12.0 Å². The summed E-state index contributed by atoms with van der Waals surface area (Å²) in [4.78, 5) is 24.8. The third kappa shape index (κ3) is 6.50. The van der Waals surface area contributed by atoms with Crippen molar-refractivity contribution in [3.05, 3.63) is 66.0 Å². The molecule has 0 spiro atoms. The number of primary amides is 1. The number of ether oxygens (including phenoxy) is 1. The molecule has 0 radical (unpaired) electrons. The molecule has 0 fully saturated rings. The first-order valence-electron chi connectivity index (χ1n) is 7.93. The van der Waals surface area contributed by atoms with Gasteiger partial charge in [0.1, 0.15) is 11.6 Å². The topological polar surface area (TPSA) is 72.6 Å². The highest BCUT2D eigenvalue weighted by Crippen LogP contribution is 2.18. The Bertz CT molecular complexity index is 806. The van der Waals surface area contributed by atoms with E-state index in [0.29, 0.717) is 11.3 Å². The van der Waals surface area contributed by atoms with Crippen LogP contribution < -0.4 is 15.4 Å². The fraction of sp³-hybridized carbons (Fsp3) is 0.158. The highest BCUT2D eigenvalue weighted by Gasteiger charge is 2.14. The van der Waals surface area contributed by atoms with Crippen LogP contribution in [0, 0.1) is 5.82 Å². The SMILES string of the molecule is NC(=O)CCN(C(=O)C=Cc1ccc(OC(F)F)cc1)c1ccc(F)cc1. The molecular weight excluding hydrogens is 361 g/mol. The zero-order valence-corrected chi connectivity index (χ0v) is 14.1. The van der Waals surface area contributed by atoms with Gasteiger partial charge >= 0.3 is 6.61 Å². The molecule has 0 saturated heterocycles. The molecule has 8 heteroatoms. The van der Waals surface area contributed by atoms with E-state index in [-0.39, 0.29) is 18.7 Å². The smallest absolute Gasteiger partial charge is 0.387 e. The lowest BCUT2D eigenvalue weighted by Gasteiger charge is -2.20. The molecule has 5 nitrogen and oxygen atoms in total. The summed E-state index contributed by atoms with van der Waals surface area (Å²) < 4.78 is 41.6. The molecule has 0 heterocycles. The van der Waals surface area contributed by atoms with E-state index in [0.717, 1.165) is 0 Å². The van der Waals surface area contributed by atoms with Crippen LogP contribution in [0.5, 0.6) is 5.75 Å². The van der Waals surface area contributed by atoms with Gasteiger partial charge in [-0.15, -0.1) is 0 Å². The van der Waals surface area contributed by atoms with Gasteiger partial charge in [-0.2, -0.15) is 8.78 Å². The lowest BCUT2D eigenvalue weighted by atomic mass is 10.2. The average molecular weight is 378 g/mol. The number of benzene rings is 2. The van der Waals surface area contributed by atoms with Gasteiger partial charge in [0, 0.05) is 24.7 Å². The molecule has 2 N–H and O–H groups in total. The highest BCUT2D eigenvalue weighted by molar-refractivity contribution is 6.04. The normalized spacial score (nSPS) is 11.0. The summed E-state index contributed by atoms with van der Waals surface area (Å²) in [5.41, 5.74) is 6.13. The largest absolute Gasteiger partial charge is 0.435 e. The maximum Gasteiger partial charge on any atom is 0.387 e. The summed E-state index contributed by atoms with van der Waals surface area (Å²) in [7, 11) is 0. The molecule has 0 atom stereocenters. The van der Waals surface area contributed by atoms with Gasteiger partial charge in [0.15, 0.2) is 0 Å². The minimum absolute atomic E-state index is 0.00266. The maximum absolute atomic E-state index is 13.1. The minimum atomic E-state index is -2.91. The van der Waals surface area contributed by atoms with Crippen LogP contribution in [0.4, 0.5) is 18.9 Å². The van der Waals surface area contributed by atoms with Crippen LogP contribution in [-0.4, -0.2) is 25.0 Å². The average Bonchev–Trinajstić information content (AvgIpc) is 2.62. The number of hydrogen-bond acceptors (Lipinski definition) is 3. The van der Waals surface area contributed by atoms with Crippen LogP contribution in [0.2, 0.25) is 0 Å². The fourth-order valence-electron chi connectivity index (χ4n) is 2.23. The molecule has 2 aromatic carbocycles. The Labute approximate surface area is 153 Å². The molecule has 0 aromatic heterocycles. The fourth-order valence-corrected chi connectivity index (χ4v) is 2.23. The summed E-state index contributed by atoms with van der Waals surface area (Å²) in [6, 6.07) is 10.9. The first kappa shape index (κ1) is 20.0. The molecule has 0 unspecified atom stereocenters. The van der Waals surface area contributed by atoms with E-state index in [1.165, 1.54) is 65.6 Å². The zero-order valence-electron chi connectivity index (χ0n) is 14.1. The van der Waals surface area contributed by atoms with Crippen molar-refractivity contribution in [3.63, 3.8) is 0 Å². The predicted molar refractivity (Wildman–Crippen MR) is 94.7 cm³/mol. The van der Waals surface area contributed by atoms with Crippen molar-refractivity contribution >= 4 is 23.6 Å². The molecule has 2 aromatic rings. The van der Waals surface area contributed by atoms with Crippen molar-refractivity contribution in [2.75, 3.05) is 11.4 Å². The Morgan fingerprint density at radius 1 is 1.07 bits per heavy atom. The number of halogens is 3. The highest BCUT2D eigenvalue weighted by atomic mass is 19.3. The molecule has 0 aliphatic heterocycles.